The van der Waals surface area contributed by atoms with E-state index in [1.54, 1.807) is 0 Å². The third-order valence-corrected chi connectivity index (χ3v) is 3.72. The van der Waals surface area contributed by atoms with Crippen molar-refractivity contribution in [2.75, 3.05) is 13.2 Å². The standard InChI is InChI=1S/C13H11NO4S/c1-7-4-10-11(18-3-2-17-10)5-8(7)12-14-9(6-19-12)13(15)16/h4-6H,2-3H2,1H3,(H,15,16). The lowest BCUT2D eigenvalue weighted by Crippen LogP contribution is -2.15. The number of aromatic carboxylic acids is 1. The van der Waals surface area contributed by atoms with Gasteiger partial charge in [0.15, 0.2) is 17.2 Å². The molecule has 0 atom stereocenters. The van der Waals surface area contributed by atoms with Crippen molar-refractivity contribution in [1.29, 1.82) is 0 Å². The summed E-state index contributed by atoms with van der Waals surface area (Å²) in [6, 6.07) is 3.75. The molecule has 1 aliphatic rings. The number of ether oxygens (including phenoxy) is 2. The lowest BCUT2D eigenvalue weighted by atomic mass is 10.1. The fourth-order valence-corrected chi connectivity index (χ4v) is 2.79. The summed E-state index contributed by atoms with van der Waals surface area (Å²) in [4.78, 5) is 15.0. The lowest BCUT2D eigenvalue weighted by molar-refractivity contribution is 0.0691. The number of aryl methyl sites for hydroxylation is 1. The highest BCUT2D eigenvalue weighted by atomic mass is 32.1. The van der Waals surface area contributed by atoms with Crippen LogP contribution in [0.5, 0.6) is 11.5 Å². The molecule has 1 aromatic heterocycles. The minimum absolute atomic E-state index is 0.0642. The summed E-state index contributed by atoms with van der Waals surface area (Å²) in [7, 11) is 0. The van der Waals surface area contributed by atoms with E-state index in [1.807, 2.05) is 19.1 Å². The van der Waals surface area contributed by atoms with Crippen LogP contribution in [0.3, 0.4) is 0 Å². The predicted octanol–water partition coefficient (Wildman–Crippen LogP) is 2.59. The smallest absolute Gasteiger partial charge is 0.355 e. The fraction of sp³-hybridized carbons (Fsp3) is 0.231. The van der Waals surface area contributed by atoms with Crippen molar-refractivity contribution in [2.45, 2.75) is 6.92 Å². The van der Waals surface area contributed by atoms with Gasteiger partial charge in [-0.1, -0.05) is 0 Å². The van der Waals surface area contributed by atoms with Crippen LogP contribution in [0.1, 0.15) is 16.1 Å². The summed E-state index contributed by atoms with van der Waals surface area (Å²) in [5.74, 6) is 0.388. The van der Waals surface area contributed by atoms with E-state index in [0.29, 0.717) is 24.0 Å². The molecule has 1 aliphatic heterocycles. The van der Waals surface area contributed by atoms with E-state index < -0.39 is 5.97 Å². The highest BCUT2D eigenvalue weighted by Gasteiger charge is 2.17. The fourth-order valence-electron chi connectivity index (χ4n) is 1.92. The van der Waals surface area contributed by atoms with Gasteiger partial charge in [0.2, 0.25) is 0 Å². The Bertz CT molecular complexity index is 650. The zero-order valence-electron chi connectivity index (χ0n) is 10.2. The Hall–Kier alpha value is -2.08. The van der Waals surface area contributed by atoms with Gasteiger partial charge in [0, 0.05) is 10.9 Å². The molecule has 2 heterocycles. The third-order valence-electron chi connectivity index (χ3n) is 2.84. The van der Waals surface area contributed by atoms with Crippen LogP contribution >= 0.6 is 11.3 Å². The van der Waals surface area contributed by atoms with Gasteiger partial charge in [-0.05, 0) is 24.6 Å². The molecule has 0 fully saturated rings. The zero-order chi connectivity index (χ0) is 13.4. The number of aromatic nitrogens is 1. The van der Waals surface area contributed by atoms with Gasteiger partial charge in [-0.15, -0.1) is 11.3 Å². The van der Waals surface area contributed by atoms with Crippen molar-refractivity contribution < 1.29 is 19.4 Å². The van der Waals surface area contributed by atoms with Gasteiger partial charge in [0.05, 0.1) is 0 Å². The topological polar surface area (TPSA) is 68.7 Å². The van der Waals surface area contributed by atoms with Crippen LogP contribution in [-0.4, -0.2) is 29.3 Å². The predicted molar refractivity (Wildman–Crippen MR) is 70.2 cm³/mol. The highest BCUT2D eigenvalue weighted by molar-refractivity contribution is 7.13. The van der Waals surface area contributed by atoms with Crippen LogP contribution in [0.15, 0.2) is 17.5 Å². The molecular formula is C13H11NO4S. The first kappa shape index (κ1) is 12.0. The normalized spacial score (nSPS) is 13.3. The second kappa shape index (κ2) is 4.55. The summed E-state index contributed by atoms with van der Waals surface area (Å²) in [5, 5.41) is 11.1. The maximum atomic E-state index is 10.9. The van der Waals surface area contributed by atoms with Crippen molar-refractivity contribution in [2.24, 2.45) is 0 Å². The van der Waals surface area contributed by atoms with Gasteiger partial charge in [-0.25, -0.2) is 9.78 Å². The van der Waals surface area contributed by atoms with Crippen LogP contribution in [-0.2, 0) is 0 Å². The average molecular weight is 277 g/mol. The molecule has 2 aromatic rings. The molecule has 0 radical (unpaired) electrons. The molecule has 98 valence electrons. The quantitative estimate of drug-likeness (QED) is 0.913. The number of carboxylic acids is 1. The van der Waals surface area contributed by atoms with Crippen molar-refractivity contribution in [3.05, 3.63) is 28.8 Å². The molecule has 1 N–H and O–H groups in total. The molecular weight excluding hydrogens is 266 g/mol. The zero-order valence-corrected chi connectivity index (χ0v) is 11.0. The molecule has 0 saturated carbocycles. The summed E-state index contributed by atoms with van der Waals surface area (Å²) in [5.41, 5.74) is 1.92. The van der Waals surface area contributed by atoms with Gasteiger partial charge in [-0.3, -0.25) is 0 Å². The number of hydrogen-bond acceptors (Lipinski definition) is 5. The van der Waals surface area contributed by atoms with E-state index in [0.717, 1.165) is 16.9 Å². The Balaban J connectivity index is 2.06. The number of fused-ring (bicyclic) bond motifs is 1. The molecule has 0 bridgehead atoms. The second-order valence-corrected chi connectivity index (χ2v) is 5.01. The molecule has 19 heavy (non-hydrogen) atoms. The van der Waals surface area contributed by atoms with E-state index in [-0.39, 0.29) is 5.69 Å². The van der Waals surface area contributed by atoms with Crippen molar-refractivity contribution in [3.8, 4) is 22.1 Å². The number of benzene rings is 1. The third kappa shape index (κ3) is 2.15. The van der Waals surface area contributed by atoms with Crippen molar-refractivity contribution in [1.82, 2.24) is 4.98 Å². The Morgan fingerprint density at radius 1 is 1.32 bits per heavy atom. The van der Waals surface area contributed by atoms with E-state index in [9.17, 15) is 4.79 Å². The molecule has 6 heteroatoms. The van der Waals surface area contributed by atoms with E-state index in [2.05, 4.69) is 4.98 Å². The van der Waals surface area contributed by atoms with E-state index in [1.165, 1.54) is 16.7 Å². The molecule has 0 saturated heterocycles. The first-order valence-electron chi connectivity index (χ1n) is 5.74. The number of hydrogen-bond donors (Lipinski definition) is 1. The van der Waals surface area contributed by atoms with Crippen LogP contribution in [0, 0.1) is 6.92 Å². The second-order valence-electron chi connectivity index (χ2n) is 4.15. The SMILES string of the molecule is Cc1cc2c(cc1-c1nc(C(=O)O)cs1)OCCO2. The minimum Gasteiger partial charge on any atom is -0.486 e. The largest absolute Gasteiger partial charge is 0.486 e. The van der Waals surface area contributed by atoms with Gasteiger partial charge in [-0.2, -0.15) is 0 Å². The maximum Gasteiger partial charge on any atom is 0.355 e. The van der Waals surface area contributed by atoms with Crippen LogP contribution in [0.4, 0.5) is 0 Å². The van der Waals surface area contributed by atoms with Crippen LogP contribution in [0.2, 0.25) is 0 Å². The average Bonchev–Trinajstić information content (AvgIpc) is 2.87. The molecule has 1 aromatic carbocycles. The van der Waals surface area contributed by atoms with Crippen molar-refractivity contribution in [3.63, 3.8) is 0 Å². The lowest BCUT2D eigenvalue weighted by Gasteiger charge is -2.19. The van der Waals surface area contributed by atoms with Gasteiger partial charge in [0.25, 0.3) is 0 Å². The number of carbonyl (C=O) groups is 1. The van der Waals surface area contributed by atoms with Crippen molar-refractivity contribution >= 4 is 17.3 Å². The Labute approximate surface area is 113 Å². The number of nitrogens with zero attached hydrogens (tertiary/aromatic N) is 1. The molecule has 0 amide bonds. The van der Waals surface area contributed by atoms with Gasteiger partial charge in [0.1, 0.15) is 18.2 Å². The molecule has 0 aliphatic carbocycles. The molecule has 0 spiro atoms. The number of thiazole rings is 1. The Morgan fingerprint density at radius 2 is 2.00 bits per heavy atom. The van der Waals surface area contributed by atoms with Crippen LogP contribution < -0.4 is 9.47 Å². The van der Waals surface area contributed by atoms with E-state index in [4.69, 9.17) is 14.6 Å². The summed E-state index contributed by atoms with van der Waals surface area (Å²) in [6.45, 7) is 3.01. The number of carboxylic acid groups (broad SMARTS) is 1. The minimum atomic E-state index is -1.02. The highest BCUT2D eigenvalue weighted by Crippen LogP contribution is 2.38. The van der Waals surface area contributed by atoms with Crippen LogP contribution in [0.25, 0.3) is 10.6 Å². The first-order valence-corrected chi connectivity index (χ1v) is 6.62. The number of rotatable bonds is 2. The van der Waals surface area contributed by atoms with Gasteiger partial charge < -0.3 is 14.6 Å². The summed E-state index contributed by atoms with van der Waals surface area (Å²) >= 11 is 1.31. The monoisotopic (exact) mass is 277 g/mol. The summed E-state index contributed by atoms with van der Waals surface area (Å²) in [6.07, 6.45) is 0. The molecule has 3 rings (SSSR count). The molecule has 5 nitrogen and oxygen atoms in total. The summed E-state index contributed by atoms with van der Waals surface area (Å²) < 4.78 is 11.0. The molecule has 0 unspecified atom stereocenters. The van der Waals surface area contributed by atoms with E-state index >= 15 is 0 Å². The maximum absolute atomic E-state index is 10.9. The Kier molecular flexibility index (Phi) is 2.87. The first-order chi connectivity index (χ1) is 9.15. The van der Waals surface area contributed by atoms with Gasteiger partial charge >= 0.3 is 5.97 Å². The Morgan fingerprint density at radius 3 is 2.63 bits per heavy atom.